The highest BCUT2D eigenvalue weighted by Gasteiger charge is 2.23. The minimum atomic E-state index is -0.393. The Labute approximate surface area is 130 Å². The van der Waals surface area contributed by atoms with Gasteiger partial charge in [-0.1, -0.05) is 19.8 Å². The zero-order valence-electron chi connectivity index (χ0n) is 13.3. The van der Waals surface area contributed by atoms with E-state index in [0.29, 0.717) is 22.9 Å². The second kappa shape index (κ2) is 8.77. The summed E-state index contributed by atoms with van der Waals surface area (Å²) in [5.41, 5.74) is 6.42. The lowest BCUT2D eigenvalue weighted by molar-refractivity contribution is 0.0533. The van der Waals surface area contributed by atoms with Gasteiger partial charge in [0.1, 0.15) is 15.6 Å². The number of nitrogens with one attached hydrogen (secondary N) is 1. The summed E-state index contributed by atoms with van der Waals surface area (Å²) in [6, 6.07) is 0. The van der Waals surface area contributed by atoms with Crippen molar-refractivity contribution in [2.75, 3.05) is 24.2 Å². The Balaban J connectivity index is 2.92. The largest absolute Gasteiger partial charge is 0.486 e. The van der Waals surface area contributed by atoms with Gasteiger partial charge >= 0.3 is 5.97 Å². The van der Waals surface area contributed by atoms with Crippen LogP contribution in [-0.2, 0) is 4.74 Å². The van der Waals surface area contributed by atoms with Crippen LogP contribution < -0.4 is 15.8 Å². The Morgan fingerprint density at radius 3 is 2.62 bits per heavy atom. The molecule has 0 spiro atoms. The molecule has 1 aromatic heterocycles. The van der Waals surface area contributed by atoms with E-state index in [1.54, 1.807) is 6.92 Å². The molecule has 3 N–H and O–H groups in total. The van der Waals surface area contributed by atoms with Crippen molar-refractivity contribution in [1.29, 1.82) is 0 Å². The molecule has 0 aliphatic heterocycles. The molecule has 0 unspecified atom stereocenters. The Kier molecular flexibility index (Phi) is 7.36. The van der Waals surface area contributed by atoms with Crippen LogP contribution in [0.5, 0.6) is 5.75 Å². The van der Waals surface area contributed by atoms with Crippen LogP contribution in [-0.4, -0.2) is 25.2 Å². The van der Waals surface area contributed by atoms with E-state index < -0.39 is 5.97 Å². The standard InChI is InChI=1S/C15H26N2O3S/c1-5-7-8-9-17-14-12(20-10(3)4)11(16)13(21-14)15(18)19-6-2/h10,17H,5-9,16H2,1-4H3. The van der Waals surface area contributed by atoms with Crippen LogP contribution in [0.3, 0.4) is 0 Å². The smallest absolute Gasteiger partial charge is 0.350 e. The molecule has 6 heteroatoms. The number of nitrogens with two attached hydrogens (primary N) is 1. The molecule has 0 aromatic carbocycles. The fourth-order valence-corrected chi connectivity index (χ4v) is 2.80. The first kappa shape index (κ1) is 17.6. The number of esters is 1. The average Bonchev–Trinajstić information content (AvgIpc) is 2.72. The van der Waals surface area contributed by atoms with Gasteiger partial charge in [-0.15, -0.1) is 11.3 Å². The molecule has 5 nitrogen and oxygen atoms in total. The average molecular weight is 314 g/mol. The maximum atomic E-state index is 11.9. The summed E-state index contributed by atoms with van der Waals surface area (Å²) in [5.74, 6) is 0.171. The Hall–Kier alpha value is -1.43. The SMILES string of the molecule is CCCCCNc1sc(C(=O)OCC)c(N)c1OC(C)C. The highest BCUT2D eigenvalue weighted by atomic mass is 32.1. The number of rotatable bonds is 9. The van der Waals surface area contributed by atoms with Crippen LogP contribution >= 0.6 is 11.3 Å². The van der Waals surface area contributed by atoms with Gasteiger partial charge in [0.2, 0.25) is 0 Å². The molecular formula is C15H26N2O3S. The highest BCUT2D eigenvalue weighted by molar-refractivity contribution is 7.19. The quantitative estimate of drug-likeness (QED) is 0.534. The van der Waals surface area contributed by atoms with Gasteiger partial charge in [0, 0.05) is 6.54 Å². The van der Waals surface area contributed by atoms with Gasteiger partial charge in [-0.25, -0.2) is 4.79 Å². The van der Waals surface area contributed by atoms with Gasteiger partial charge in [0.25, 0.3) is 0 Å². The summed E-state index contributed by atoms with van der Waals surface area (Å²) in [5, 5.41) is 4.12. The minimum absolute atomic E-state index is 0.00635. The maximum absolute atomic E-state index is 11.9. The molecule has 0 saturated carbocycles. The summed E-state index contributed by atoms with van der Waals surface area (Å²) in [6.45, 7) is 8.97. The van der Waals surface area contributed by atoms with Crippen molar-refractivity contribution in [3.05, 3.63) is 4.88 Å². The zero-order chi connectivity index (χ0) is 15.8. The van der Waals surface area contributed by atoms with Gasteiger partial charge in [0.15, 0.2) is 5.75 Å². The van der Waals surface area contributed by atoms with Gasteiger partial charge < -0.3 is 20.5 Å². The monoisotopic (exact) mass is 314 g/mol. The van der Waals surface area contributed by atoms with Crippen LogP contribution in [0, 0.1) is 0 Å². The molecule has 0 bridgehead atoms. The van der Waals surface area contributed by atoms with E-state index in [0.717, 1.165) is 24.4 Å². The minimum Gasteiger partial charge on any atom is -0.486 e. The molecule has 0 aliphatic carbocycles. The number of ether oxygens (including phenoxy) is 2. The lowest BCUT2D eigenvalue weighted by atomic mass is 10.2. The normalized spacial score (nSPS) is 10.7. The van der Waals surface area contributed by atoms with Crippen molar-refractivity contribution in [2.45, 2.75) is 53.1 Å². The summed E-state index contributed by atoms with van der Waals surface area (Å²) in [6.07, 6.45) is 3.40. The van der Waals surface area contributed by atoms with E-state index in [9.17, 15) is 4.79 Å². The van der Waals surface area contributed by atoms with Crippen LogP contribution in [0.2, 0.25) is 0 Å². The Bertz CT molecular complexity index is 458. The number of unbranched alkanes of at least 4 members (excludes halogenated alkanes) is 2. The molecule has 0 radical (unpaired) electrons. The van der Waals surface area contributed by atoms with E-state index in [1.165, 1.54) is 17.8 Å². The number of hydrogen-bond donors (Lipinski definition) is 2. The third-order valence-corrected chi connectivity index (χ3v) is 3.90. The van der Waals surface area contributed by atoms with E-state index in [-0.39, 0.29) is 6.10 Å². The van der Waals surface area contributed by atoms with Crippen molar-refractivity contribution >= 4 is 28.0 Å². The van der Waals surface area contributed by atoms with Gasteiger partial charge in [-0.05, 0) is 27.2 Å². The molecule has 0 saturated heterocycles. The van der Waals surface area contributed by atoms with Gasteiger partial charge in [-0.3, -0.25) is 0 Å². The summed E-state index contributed by atoms with van der Waals surface area (Å²) < 4.78 is 10.8. The lowest BCUT2D eigenvalue weighted by Gasteiger charge is -2.12. The second-order valence-corrected chi connectivity index (χ2v) is 6.04. The van der Waals surface area contributed by atoms with Crippen molar-refractivity contribution in [1.82, 2.24) is 0 Å². The van der Waals surface area contributed by atoms with Crippen molar-refractivity contribution in [3.8, 4) is 5.75 Å². The summed E-state index contributed by atoms with van der Waals surface area (Å²) in [7, 11) is 0. The predicted octanol–water partition coefficient (Wildman–Crippen LogP) is 3.90. The number of nitrogen functional groups attached to an aromatic ring is 1. The molecular weight excluding hydrogens is 288 g/mol. The van der Waals surface area contributed by atoms with Crippen molar-refractivity contribution in [3.63, 3.8) is 0 Å². The Morgan fingerprint density at radius 1 is 1.33 bits per heavy atom. The number of anilines is 2. The van der Waals surface area contributed by atoms with E-state index in [1.807, 2.05) is 13.8 Å². The third kappa shape index (κ3) is 5.12. The second-order valence-electron chi connectivity index (χ2n) is 5.02. The molecule has 0 fully saturated rings. The van der Waals surface area contributed by atoms with Crippen molar-refractivity contribution < 1.29 is 14.3 Å². The lowest BCUT2D eigenvalue weighted by Crippen LogP contribution is -2.10. The first-order valence-electron chi connectivity index (χ1n) is 7.51. The van der Waals surface area contributed by atoms with Crippen LogP contribution in [0.4, 0.5) is 10.7 Å². The van der Waals surface area contributed by atoms with Gasteiger partial charge in [0.05, 0.1) is 12.7 Å². The summed E-state index contributed by atoms with van der Waals surface area (Å²) in [4.78, 5) is 12.3. The number of carbonyl (C=O) groups is 1. The fourth-order valence-electron chi connectivity index (χ4n) is 1.82. The zero-order valence-corrected chi connectivity index (χ0v) is 14.1. The third-order valence-electron chi connectivity index (χ3n) is 2.78. The number of hydrogen-bond acceptors (Lipinski definition) is 6. The number of thiophene rings is 1. The molecule has 0 aliphatic rings. The first-order chi connectivity index (χ1) is 10.0. The molecule has 1 rings (SSSR count). The van der Waals surface area contributed by atoms with E-state index >= 15 is 0 Å². The highest BCUT2D eigenvalue weighted by Crippen LogP contribution is 2.43. The Morgan fingerprint density at radius 2 is 2.05 bits per heavy atom. The van der Waals surface area contributed by atoms with E-state index in [2.05, 4.69) is 12.2 Å². The summed E-state index contributed by atoms with van der Waals surface area (Å²) >= 11 is 1.30. The van der Waals surface area contributed by atoms with Crippen molar-refractivity contribution in [2.24, 2.45) is 0 Å². The van der Waals surface area contributed by atoms with Crippen LogP contribution in [0.15, 0.2) is 0 Å². The molecule has 0 atom stereocenters. The van der Waals surface area contributed by atoms with E-state index in [4.69, 9.17) is 15.2 Å². The predicted molar refractivity (Wildman–Crippen MR) is 88.5 cm³/mol. The fraction of sp³-hybridized carbons (Fsp3) is 0.667. The molecule has 1 heterocycles. The maximum Gasteiger partial charge on any atom is 0.350 e. The molecule has 120 valence electrons. The van der Waals surface area contributed by atoms with Gasteiger partial charge in [-0.2, -0.15) is 0 Å². The molecule has 21 heavy (non-hydrogen) atoms. The van der Waals surface area contributed by atoms with Crippen LogP contribution in [0.1, 0.15) is 56.6 Å². The molecule has 0 amide bonds. The molecule has 1 aromatic rings. The number of carbonyl (C=O) groups excluding carboxylic acids is 1. The topological polar surface area (TPSA) is 73.6 Å². The van der Waals surface area contributed by atoms with Crippen LogP contribution in [0.25, 0.3) is 0 Å². The first-order valence-corrected chi connectivity index (χ1v) is 8.32.